The van der Waals surface area contributed by atoms with Crippen LogP contribution in [0.2, 0.25) is 0 Å². The average Bonchev–Trinajstić information content (AvgIpc) is 3.17. The number of carboxylic acid groups (broad SMARTS) is 1. The minimum absolute atomic E-state index is 0.217. The second-order valence-corrected chi connectivity index (χ2v) is 7.28. The Hall–Kier alpha value is -2.80. The van der Waals surface area contributed by atoms with Crippen LogP contribution in [0.3, 0.4) is 0 Å². The molecule has 4 rings (SSSR count). The van der Waals surface area contributed by atoms with Crippen LogP contribution in [0.1, 0.15) is 42.1 Å². The maximum atomic E-state index is 14.6. The van der Waals surface area contributed by atoms with Crippen molar-refractivity contribution in [3.8, 4) is 11.4 Å². The van der Waals surface area contributed by atoms with E-state index in [1.54, 1.807) is 28.8 Å². The topological polar surface area (TPSA) is 67.5 Å². The zero-order valence-corrected chi connectivity index (χ0v) is 15.0. The Morgan fingerprint density at radius 2 is 2.12 bits per heavy atom. The highest BCUT2D eigenvalue weighted by molar-refractivity contribution is 7.23. The van der Waals surface area contributed by atoms with Crippen LogP contribution in [0.4, 0.5) is 4.39 Å². The third kappa shape index (κ3) is 2.64. The van der Waals surface area contributed by atoms with Crippen molar-refractivity contribution in [1.29, 1.82) is 0 Å². The van der Waals surface area contributed by atoms with E-state index in [0.717, 1.165) is 22.2 Å². The highest BCUT2D eigenvalue weighted by Gasteiger charge is 2.17. The predicted molar refractivity (Wildman–Crippen MR) is 99.4 cm³/mol. The number of halogens is 1. The standard InChI is InChI=1S/C19H16FN3O2S/c1-3-10(2)11-4-6-13(14(20)8-11)17-21-19-23(22-17)15-7-5-12(18(24)25)9-16(15)26-19/h4-10H,3H2,1-2H3,(H,24,25). The summed E-state index contributed by atoms with van der Waals surface area (Å²) in [5.74, 6) is -0.688. The monoisotopic (exact) mass is 369 g/mol. The van der Waals surface area contributed by atoms with Gasteiger partial charge in [-0.05, 0) is 48.2 Å². The minimum Gasteiger partial charge on any atom is -0.478 e. The second kappa shape index (κ2) is 6.17. The maximum absolute atomic E-state index is 14.6. The molecular formula is C19H16FN3O2S. The molecule has 0 aliphatic heterocycles. The van der Waals surface area contributed by atoms with Gasteiger partial charge < -0.3 is 5.11 Å². The summed E-state index contributed by atoms with van der Waals surface area (Å²) < 4.78 is 17.0. The summed E-state index contributed by atoms with van der Waals surface area (Å²) in [5, 5.41) is 13.5. The molecule has 26 heavy (non-hydrogen) atoms. The lowest BCUT2D eigenvalue weighted by atomic mass is 9.97. The first-order chi connectivity index (χ1) is 12.5. The van der Waals surface area contributed by atoms with Crippen LogP contribution in [0.15, 0.2) is 36.4 Å². The molecule has 4 aromatic rings. The summed E-state index contributed by atoms with van der Waals surface area (Å²) in [5.41, 5.74) is 2.30. The predicted octanol–water partition coefficient (Wildman–Crippen LogP) is 4.96. The molecule has 132 valence electrons. The van der Waals surface area contributed by atoms with Gasteiger partial charge in [-0.2, -0.15) is 4.98 Å². The van der Waals surface area contributed by atoms with E-state index in [4.69, 9.17) is 5.11 Å². The Balaban J connectivity index is 1.79. The van der Waals surface area contributed by atoms with Crippen LogP contribution in [0.25, 0.3) is 26.6 Å². The summed E-state index contributed by atoms with van der Waals surface area (Å²) in [6.07, 6.45) is 0.946. The molecule has 0 radical (unpaired) electrons. The van der Waals surface area contributed by atoms with Crippen LogP contribution in [-0.2, 0) is 0 Å². The van der Waals surface area contributed by atoms with Crippen molar-refractivity contribution >= 4 is 32.5 Å². The molecule has 0 fully saturated rings. The molecule has 0 amide bonds. The number of fused-ring (bicyclic) bond motifs is 3. The molecule has 1 unspecified atom stereocenters. The van der Waals surface area contributed by atoms with E-state index < -0.39 is 5.97 Å². The number of benzene rings is 2. The lowest BCUT2D eigenvalue weighted by Gasteiger charge is -2.09. The van der Waals surface area contributed by atoms with Gasteiger partial charge >= 0.3 is 5.97 Å². The van der Waals surface area contributed by atoms with Gasteiger partial charge in [-0.1, -0.05) is 31.3 Å². The number of thiazole rings is 1. The summed E-state index contributed by atoms with van der Waals surface area (Å²) in [4.78, 5) is 16.1. The molecule has 2 aromatic carbocycles. The molecule has 0 spiro atoms. The van der Waals surface area contributed by atoms with Gasteiger partial charge in [0.2, 0.25) is 4.96 Å². The summed E-state index contributed by atoms with van der Waals surface area (Å²) in [6, 6.07) is 10.0. The van der Waals surface area contributed by atoms with Gasteiger partial charge in [0, 0.05) is 0 Å². The molecule has 2 heterocycles. The van der Waals surface area contributed by atoms with Gasteiger partial charge in [0.05, 0.1) is 21.3 Å². The lowest BCUT2D eigenvalue weighted by Crippen LogP contribution is -1.96. The third-order valence-electron chi connectivity index (χ3n) is 4.63. The highest BCUT2D eigenvalue weighted by atomic mass is 32.1. The molecule has 0 saturated heterocycles. The molecule has 7 heteroatoms. The Labute approximate surface area is 152 Å². The summed E-state index contributed by atoms with van der Waals surface area (Å²) >= 11 is 1.33. The fraction of sp³-hybridized carbons (Fsp3) is 0.211. The van der Waals surface area contributed by atoms with Crippen molar-refractivity contribution in [2.24, 2.45) is 0 Å². The average molecular weight is 369 g/mol. The van der Waals surface area contributed by atoms with Crippen molar-refractivity contribution in [2.45, 2.75) is 26.2 Å². The van der Waals surface area contributed by atoms with Gasteiger partial charge in [0.15, 0.2) is 5.82 Å². The molecule has 0 saturated carbocycles. The number of hydrogen-bond donors (Lipinski definition) is 1. The first-order valence-corrected chi connectivity index (χ1v) is 9.12. The number of nitrogens with zero attached hydrogens (tertiary/aromatic N) is 3. The molecule has 0 aliphatic rings. The number of carboxylic acids is 1. The molecule has 0 bridgehead atoms. The molecular weight excluding hydrogens is 353 g/mol. The van der Waals surface area contributed by atoms with Crippen molar-refractivity contribution < 1.29 is 14.3 Å². The SMILES string of the molecule is CCC(C)c1ccc(-c2nc3sc4cc(C(=O)O)ccc4n3n2)c(F)c1. The fourth-order valence-electron chi connectivity index (χ4n) is 2.89. The molecule has 2 aromatic heterocycles. The quantitative estimate of drug-likeness (QED) is 0.552. The van der Waals surface area contributed by atoms with E-state index in [1.807, 2.05) is 6.07 Å². The van der Waals surface area contributed by atoms with E-state index in [2.05, 4.69) is 23.9 Å². The van der Waals surface area contributed by atoms with Gasteiger partial charge in [-0.15, -0.1) is 5.10 Å². The van der Waals surface area contributed by atoms with Crippen molar-refractivity contribution in [3.63, 3.8) is 0 Å². The second-order valence-electron chi connectivity index (χ2n) is 6.27. The van der Waals surface area contributed by atoms with Crippen LogP contribution < -0.4 is 0 Å². The molecule has 1 atom stereocenters. The smallest absolute Gasteiger partial charge is 0.335 e. The molecule has 1 N–H and O–H groups in total. The lowest BCUT2D eigenvalue weighted by molar-refractivity contribution is 0.0697. The number of rotatable bonds is 4. The minimum atomic E-state index is -0.977. The van der Waals surface area contributed by atoms with Gasteiger partial charge in [-0.3, -0.25) is 0 Å². The summed E-state index contributed by atoms with van der Waals surface area (Å²) in [6.45, 7) is 4.14. The van der Waals surface area contributed by atoms with Crippen LogP contribution in [0, 0.1) is 5.82 Å². The number of hydrogen-bond acceptors (Lipinski definition) is 4. The van der Waals surface area contributed by atoms with Crippen molar-refractivity contribution in [2.75, 3.05) is 0 Å². The fourth-order valence-corrected chi connectivity index (χ4v) is 3.89. The van der Waals surface area contributed by atoms with Gasteiger partial charge in [-0.25, -0.2) is 13.7 Å². The Bertz CT molecular complexity index is 1150. The van der Waals surface area contributed by atoms with E-state index in [9.17, 15) is 9.18 Å². The Kier molecular flexibility index (Phi) is 3.96. The van der Waals surface area contributed by atoms with E-state index in [1.165, 1.54) is 17.4 Å². The third-order valence-corrected chi connectivity index (χ3v) is 5.62. The zero-order chi connectivity index (χ0) is 18.4. The van der Waals surface area contributed by atoms with Crippen molar-refractivity contribution in [3.05, 3.63) is 53.3 Å². The van der Waals surface area contributed by atoms with Crippen molar-refractivity contribution in [1.82, 2.24) is 14.6 Å². The number of aromatic carboxylic acids is 1. The van der Waals surface area contributed by atoms with Crippen LogP contribution >= 0.6 is 11.3 Å². The van der Waals surface area contributed by atoms with Gasteiger partial charge in [0.25, 0.3) is 0 Å². The van der Waals surface area contributed by atoms with E-state index in [-0.39, 0.29) is 11.4 Å². The van der Waals surface area contributed by atoms with Crippen LogP contribution in [0.5, 0.6) is 0 Å². The van der Waals surface area contributed by atoms with Crippen LogP contribution in [-0.4, -0.2) is 25.7 Å². The Morgan fingerprint density at radius 3 is 2.81 bits per heavy atom. The first kappa shape index (κ1) is 16.7. The first-order valence-electron chi connectivity index (χ1n) is 8.30. The normalized spacial score (nSPS) is 12.7. The molecule has 0 aliphatic carbocycles. The highest BCUT2D eigenvalue weighted by Crippen LogP contribution is 2.30. The number of carbonyl (C=O) groups is 1. The van der Waals surface area contributed by atoms with Gasteiger partial charge in [0.1, 0.15) is 5.82 Å². The van der Waals surface area contributed by atoms with E-state index in [0.29, 0.717) is 22.3 Å². The maximum Gasteiger partial charge on any atom is 0.335 e. The zero-order valence-electron chi connectivity index (χ0n) is 14.2. The summed E-state index contributed by atoms with van der Waals surface area (Å²) in [7, 11) is 0. The Morgan fingerprint density at radius 1 is 1.31 bits per heavy atom. The molecule has 5 nitrogen and oxygen atoms in total. The van der Waals surface area contributed by atoms with E-state index >= 15 is 0 Å². The largest absolute Gasteiger partial charge is 0.478 e. The number of aromatic nitrogens is 3.